The molecule has 6 unspecified atom stereocenters. The third-order valence-corrected chi connectivity index (χ3v) is 8.87. The minimum atomic E-state index is -0.852. The van der Waals surface area contributed by atoms with E-state index in [0.29, 0.717) is 19.3 Å². The minimum Gasteiger partial charge on any atom is -0.458 e. The van der Waals surface area contributed by atoms with E-state index in [-0.39, 0.29) is 28.1 Å². The number of carbonyl (C=O) groups is 1. The van der Waals surface area contributed by atoms with Crippen LogP contribution in [0.5, 0.6) is 0 Å². The van der Waals surface area contributed by atoms with Crippen molar-refractivity contribution in [2.24, 2.45) is 27.6 Å². The molecule has 0 heterocycles. The standard InChI is InChI=1S/C22H34O4/c1-16(2,3)8-21(9-17(21,4)5)15(23)26-20-7-14-6-18(11-20)10-19(24,12-20)13-22(14,18)25/h14,24-25H,6-13H2,1-5H3. The smallest absolute Gasteiger partial charge is 0.313 e. The lowest BCUT2D eigenvalue weighted by molar-refractivity contribution is -0.282. The molecule has 4 heteroatoms. The predicted molar refractivity (Wildman–Crippen MR) is 97.3 cm³/mol. The maximum absolute atomic E-state index is 13.4. The molecule has 2 N–H and O–H groups in total. The number of hydrogen-bond donors (Lipinski definition) is 2. The van der Waals surface area contributed by atoms with Gasteiger partial charge in [0.25, 0.3) is 0 Å². The lowest BCUT2D eigenvalue weighted by Gasteiger charge is -2.67. The molecule has 146 valence electrons. The molecule has 0 aliphatic heterocycles. The van der Waals surface area contributed by atoms with Crippen LogP contribution in [0.1, 0.15) is 86.0 Å². The van der Waals surface area contributed by atoms with E-state index >= 15 is 0 Å². The molecule has 6 rings (SSSR count). The molecule has 6 aliphatic rings. The van der Waals surface area contributed by atoms with Gasteiger partial charge >= 0.3 is 5.97 Å². The Hall–Kier alpha value is -0.610. The summed E-state index contributed by atoms with van der Waals surface area (Å²) in [6.07, 6.45) is 5.85. The van der Waals surface area contributed by atoms with Crippen LogP contribution in [0.25, 0.3) is 0 Å². The molecule has 26 heavy (non-hydrogen) atoms. The van der Waals surface area contributed by atoms with Crippen molar-refractivity contribution in [1.29, 1.82) is 0 Å². The van der Waals surface area contributed by atoms with Gasteiger partial charge in [-0.25, -0.2) is 0 Å². The number of carbonyl (C=O) groups excluding carboxylic acids is 1. The second-order valence-corrected chi connectivity index (χ2v) is 12.7. The molecule has 6 saturated carbocycles. The van der Waals surface area contributed by atoms with Gasteiger partial charge in [-0.1, -0.05) is 34.6 Å². The van der Waals surface area contributed by atoms with Gasteiger partial charge in [0.2, 0.25) is 0 Å². The Morgan fingerprint density at radius 1 is 1.04 bits per heavy atom. The predicted octanol–water partition coefficient (Wildman–Crippen LogP) is 3.58. The fourth-order valence-electron chi connectivity index (χ4n) is 8.14. The van der Waals surface area contributed by atoms with Crippen LogP contribution in [0.2, 0.25) is 0 Å². The number of aliphatic hydroxyl groups is 2. The fourth-order valence-corrected chi connectivity index (χ4v) is 8.14. The summed E-state index contributed by atoms with van der Waals surface area (Å²) < 4.78 is 6.35. The van der Waals surface area contributed by atoms with Crippen LogP contribution in [-0.2, 0) is 9.53 Å². The van der Waals surface area contributed by atoms with Crippen LogP contribution in [-0.4, -0.2) is 33.0 Å². The summed E-state index contributed by atoms with van der Waals surface area (Å²) in [4.78, 5) is 13.4. The average molecular weight is 363 g/mol. The summed E-state index contributed by atoms with van der Waals surface area (Å²) in [5, 5.41) is 22.2. The minimum absolute atomic E-state index is 0.0187. The van der Waals surface area contributed by atoms with Crippen molar-refractivity contribution in [2.75, 3.05) is 0 Å². The monoisotopic (exact) mass is 362 g/mol. The topological polar surface area (TPSA) is 66.8 Å². The number of hydrogen-bond acceptors (Lipinski definition) is 4. The highest BCUT2D eigenvalue weighted by atomic mass is 16.6. The van der Waals surface area contributed by atoms with E-state index in [1.165, 1.54) is 0 Å². The zero-order valence-electron chi connectivity index (χ0n) is 16.9. The summed E-state index contributed by atoms with van der Waals surface area (Å²) in [7, 11) is 0. The van der Waals surface area contributed by atoms with E-state index in [2.05, 4.69) is 34.6 Å². The van der Waals surface area contributed by atoms with E-state index < -0.39 is 22.2 Å². The highest BCUT2D eigenvalue weighted by Crippen LogP contribution is 2.79. The van der Waals surface area contributed by atoms with Crippen LogP contribution in [0.3, 0.4) is 0 Å². The molecule has 0 aromatic carbocycles. The quantitative estimate of drug-likeness (QED) is 0.753. The first-order valence-electron chi connectivity index (χ1n) is 10.4. The molecule has 4 bridgehead atoms. The maximum atomic E-state index is 13.4. The molecule has 0 aromatic heterocycles. The lowest BCUT2D eigenvalue weighted by atomic mass is 9.41. The third kappa shape index (κ3) is 1.91. The molecular weight excluding hydrogens is 328 g/mol. The summed E-state index contributed by atoms with van der Waals surface area (Å²) >= 11 is 0. The van der Waals surface area contributed by atoms with Gasteiger partial charge in [0.05, 0.1) is 16.6 Å². The Morgan fingerprint density at radius 3 is 2.27 bits per heavy atom. The first kappa shape index (κ1) is 17.5. The van der Waals surface area contributed by atoms with Gasteiger partial charge in [-0.05, 0) is 55.3 Å². The van der Waals surface area contributed by atoms with Crippen LogP contribution in [0.4, 0.5) is 0 Å². The lowest BCUT2D eigenvalue weighted by Crippen LogP contribution is -2.70. The molecule has 6 fully saturated rings. The van der Waals surface area contributed by atoms with Crippen molar-refractivity contribution < 1.29 is 19.7 Å². The largest absolute Gasteiger partial charge is 0.458 e. The Morgan fingerprint density at radius 2 is 1.69 bits per heavy atom. The van der Waals surface area contributed by atoms with Crippen molar-refractivity contribution in [2.45, 2.75) is 103 Å². The molecule has 0 aromatic rings. The Bertz CT molecular complexity index is 707. The van der Waals surface area contributed by atoms with Crippen LogP contribution < -0.4 is 0 Å². The highest BCUT2D eigenvalue weighted by molar-refractivity contribution is 5.82. The van der Waals surface area contributed by atoms with Gasteiger partial charge in [0.1, 0.15) is 5.60 Å². The number of esters is 1. The van der Waals surface area contributed by atoms with Gasteiger partial charge in [0, 0.05) is 18.3 Å². The SMILES string of the molecule is CC(C)(C)CC1(C(=O)OC23CC4CC5(CC(O)(C2)CC45O)C3)CC1(C)C. The molecule has 4 nitrogen and oxygen atoms in total. The third-order valence-electron chi connectivity index (χ3n) is 8.87. The summed E-state index contributed by atoms with van der Waals surface area (Å²) in [5.74, 6) is 0.134. The van der Waals surface area contributed by atoms with Crippen LogP contribution in [0, 0.1) is 27.6 Å². The molecule has 0 amide bonds. The first-order valence-corrected chi connectivity index (χ1v) is 10.4. The Labute approximate surface area is 156 Å². The van der Waals surface area contributed by atoms with Gasteiger partial charge in [-0.15, -0.1) is 0 Å². The fraction of sp³-hybridized carbons (Fsp3) is 0.955. The summed E-state index contributed by atoms with van der Waals surface area (Å²) in [5.41, 5.74) is -2.67. The van der Waals surface area contributed by atoms with Crippen LogP contribution in [0.15, 0.2) is 0 Å². The second kappa shape index (κ2) is 4.20. The molecule has 0 saturated heterocycles. The maximum Gasteiger partial charge on any atom is 0.313 e. The van der Waals surface area contributed by atoms with Gasteiger partial charge in [0.15, 0.2) is 0 Å². The number of fused-ring (bicyclic) bond motifs is 1. The van der Waals surface area contributed by atoms with Gasteiger partial charge < -0.3 is 14.9 Å². The Balaban J connectivity index is 1.43. The average Bonchev–Trinajstić information content (AvgIpc) is 2.93. The molecule has 1 spiro atoms. The molecule has 0 radical (unpaired) electrons. The van der Waals surface area contributed by atoms with Crippen molar-refractivity contribution >= 4 is 5.97 Å². The van der Waals surface area contributed by atoms with E-state index in [4.69, 9.17) is 4.74 Å². The van der Waals surface area contributed by atoms with E-state index in [9.17, 15) is 15.0 Å². The zero-order chi connectivity index (χ0) is 19.0. The van der Waals surface area contributed by atoms with E-state index in [1.807, 2.05) is 0 Å². The van der Waals surface area contributed by atoms with Gasteiger partial charge in [-0.2, -0.15) is 0 Å². The summed E-state index contributed by atoms with van der Waals surface area (Å²) in [6, 6.07) is 0. The first-order chi connectivity index (χ1) is 11.7. The normalized spacial score (nSPS) is 55.4. The van der Waals surface area contributed by atoms with Crippen molar-refractivity contribution in [1.82, 2.24) is 0 Å². The molecule has 6 aliphatic carbocycles. The van der Waals surface area contributed by atoms with E-state index in [1.54, 1.807) is 0 Å². The van der Waals surface area contributed by atoms with E-state index in [0.717, 1.165) is 32.1 Å². The molecule has 6 atom stereocenters. The zero-order valence-corrected chi connectivity index (χ0v) is 16.9. The van der Waals surface area contributed by atoms with Crippen molar-refractivity contribution in [3.63, 3.8) is 0 Å². The van der Waals surface area contributed by atoms with Crippen molar-refractivity contribution in [3.8, 4) is 0 Å². The number of rotatable bonds is 3. The number of ether oxygens (including phenoxy) is 1. The summed E-state index contributed by atoms with van der Waals surface area (Å²) in [6.45, 7) is 10.9. The van der Waals surface area contributed by atoms with Gasteiger partial charge in [-0.3, -0.25) is 4.79 Å². The molecular formula is C22H34O4. The second-order valence-electron chi connectivity index (χ2n) is 12.7. The van der Waals surface area contributed by atoms with Crippen LogP contribution >= 0.6 is 0 Å². The van der Waals surface area contributed by atoms with Crippen molar-refractivity contribution in [3.05, 3.63) is 0 Å². The highest BCUT2D eigenvalue weighted by Gasteiger charge is 2.82. The Kier molecular flexibility index (Phi) is 2.82.